The first-order valence-electron chi connectivity index (χ1n) is 5.94. The Hall–Kier alpha value is -0.590. The second-order valence-electron chi connectivity index (χ2n) is 3.84. The largest absolute Gasteiger partial charge is 0.382 e. The van der Waals surface area contributed by atoms with E-state index in [9.17, 15) is 4.79 Å². The van der Waals surface area contributed by atoms with Crippen molar-refractivity contribution in [3.63, 3.8) is 0 Å². The Labute approximate surface area is 120 Å². The van der Waals surface area contributed by atoms with Crippen molar-refractivity contribution in [3.8, 4) is 0 Å². The zero-order chi connectivity index (χ0) is 13.4. The van der Waals surface area contributed by atoms with Gasteiger partial charge >= 0.3 is 6.03 Å². The van der Waals surface area contributed by atoms with Crippen molar-refractivity contribution in [1.82, 2.24) is 10.2 Å². The molecule has 0 saturated heterocycles. The molecule has 1 aromatic heterocycles. The Bertz CT molecular complexity index is 371. The third kappa shape index (κ3) is 5.84. The maximum Gasteiger partial charge on any atom is 0.317 e. The van der Waals surface area contributed by atoms with Gasteiger partial charge in [-0.05, 0) is 41.4 Å². The highest BCUT2D eigenvalue weighted by molar-refractivity contribution is 9.11. The predicted octanol–water partition coefficient (Wildman–Crippen LogP) is 3.08. The summed E-state index contributed by atoms with van der Waals surface area (Å²) >= 11 is 5.05. The van der Waals surface area contributed by atoms with Gasteiger partial charge in [0.1, 0.15) is 0 Å². The van der Waals surface area contributed by atoms with Crippen molar-refractivity contribution in [3.05, 3.63) is 20.8 Å². The highest BCUT2D eigenvalue weighted by Crippen LogP contribution is 2.22. The van der Waals surface area contributed by atoms with E-state index >= 15 is 0 Å². The first-order chi connectivity index (χ1) is 8.63. The minimum Gasteiger partial charge on any atom is -0.382 e. The van der Waals surface area contributed by atoms with Crippen LogP contribution in [0.2, 0.25) is 0 Å². The number of urea groups is 1. The molecule has 0 atom stereocenters. The van der Waals surface area contributed by atoms with Gasteiger partial charge in [-0.1, -0.05) is 0 Å². The van der Waals surface area contributed by atoms with Crippen LogP contribution in [-0.4, -0.2) is 37.7 Å². The summed E-state index contributed by atoms with van der Waals surface area (Å²) in [5, 5.41) is 2.87. The Morgan fingerprint density at radius 1 is 1.56 bits per heavy atom. The molecule has 1 heterocycles. The maximum atomic E-state index is 11.8. The molecule has 0 spiro atoms. The number of hydrogen-bond acceptors (Lipinski definition) is 3. The van der Waals surface area contributed by atoms with Crippen LogP contribution >= 0.6 is 27.3 Å². The van der Waals surface area contributed by atoms with Crippen LogP contribution < -0.4 is 5.32 Å². The average molecular weight is 335 g/mol. The molecule has 0 radical (unpaired) electrons. The fourth-order valence-corrected chi connectivity index (χ4v) is 2.93. The van der Waals surface area contributed by atoms with E-state index < -0.39 is 0 Å². The average Bonchev–Trinajstić information content (AvgIpc) is 2.74. The number of ether oxygens (including phenoxy) is 1. The van der Waals surface area contributed by atoms with E-state index in [1.54, 1.807) is 23.3 Å². The fraction of sp³-hybridized carbons (Fsp3) is 0.583. The Balaban J connectivity index is 2.20. The van der Waals surface area contributed by atoms with Crippen LogP contribution in [0.5, 0.6) is 0 Å². The molecule has 102 valence electrons. The Morgan fingerprint density at radius 3 is 2.94 bits per heavy atom. The van der Waals surface area contributed by atoms with E-state index in [0.717, 1.165) is 21.7 Å². The lowest BCUT2D eigenvalue weighted by Gasteiger charge is -2.17. The quantitative estimate of drug-likeness (QED) is 0.778. The lowest BCUT2D eigenvalue weighted by atomic mass is 10.4. The van der Waals surface area contributed by atoms with E-state index in [4.69, 9.17) is 4.74 Å². The highest BCUT2D eigenvalue weighted by Gasteiger charge is 2.09. The summed E-state index contributed by atoms with van der Waals surface area (Å²) in [6.07, 6.45) is 0.845. The molecule has 0 aliphatic heterocycles. The van der Waals surface area contributed by atoms with Crippen molar-refractivity contribution in [2.24, 2.45) is 0 Å². The lowest BCUT2D eigenvalue weighted by Crippen LogP contribution is -2.37. The van der Waals surface area contributed by atoms with Crippen molar-refractivity contribution < 1.29 is 9.53 Å². The lowest BCUT2D eigenvalue weighted by molar-refractivity contribution is 0.144. The van der Waals surface area contributed by atoms with Crippen LogP contribution in [0, 0.1) is 0 Å². The zero-order valence-corrected chi connectivity index (χ0v) is 13.1. The van der Waals surface area contributed by atoms with Gasteiger partial charge in [0.25, 0.3) is 0 Å². The summed E-state index contributed by atoms with van der Waals surface area (Å²) in [4.78, 5) is 14.6. The molecule has 0 aliphatic carbocycles. The molecule has 1 rings (SSSR count). The minimum absolute atomic E-state index is 0.0454. The van der Waals surface area contributed by atoms with Gasteiger partial charge in [-0.2, -0.15) is 0 Å². The number of hydrogen-bond donors (Lipinski definition) is 1. The summed E-state index contributed by atoms with van der Waals surface area (Å²) < 4.78 is 6.29. The molecular weight excluding hydrogens is 316 g/mol. The smallest absolute Gasteiger partial charge is 0.317 e. The van der Waals surface area contributed by atoms with Crippen molar-refractivity contribution >= 4 is 33.3 Å². The van der Waals surface area contributed by atoms with Crippen LogP contribution in [0.3, 0.4) is 0 Å². The summed E-state index contributed by atoms with van der Waals surface area (Å²) in [6, 6.07) is 3.97. The van der Waals surface area contributed by atoms with Gasteiger partial charge < -0.3 is 15.0 Å². The predicted molar refractivity (Wildman–Crippen MR) is 78.0 cm³/mol. The fourth-order valence-electron chi connectivity index (χ4n) is 1.39. The van der Waals surface area contributed by atoms with Crippen LogP contribution in [0.25, 0.3) is 0 Å². The van der Waals surface area contributed by atoms with Gasteiger partial charge in [0, 0.05) is 31.7 Å². The van der Waals surface area contributed by atoms with Gasteiger partial charge in [-0.3, -0.25) is 0 Å². The molecule has 2 amide bonds. The molecule has 1 aromatic rings. The van der Waals surface area contributed by atoms with Crippen molar-refractivity contribution in [1.29, 1.82) is 0 Å². The molecule has 0 fully saturated rings. The van der Waals surface area contributed by atoms with Gasteiger partial charge in [0.15, 0.2) is 0 Å². The van der Waals surface area contributed by atoms with Crippen LogP contribution in [0.15, 0.2) is 15.9 Å². The number of amides is 2. The number of carbonyl (C=O) groups excluding carboxylic acids is 1. The highest BCUT2D eigenvalue weighted by atomic mass is 79.9. The minimum atomic E-state index is -0.0454. The van der Waals surface area contributed by atoms with E-state index in [1.807, 2.05) is 19.1 Å². The first-order valence-corrected chi connectivity index (χ1v) is 7.55. The van der Waals surface area contributed by atoms with Gasteiger partial charge in [-0.15, -0.1) is 11.3 Å². The van der Waals surface area contributed by atoms with Crippen LogP contribution in [0.4, 0.5) is 4.79 Å². The molecule has 0 bridgehead atoms. The zero-order valence-electron chi connectivity index (χ0n) is 10.7. The van der Waals surface area contributed by atoms with Crippen molar-refractivity contribution in [2.45, 2.75) is 19.9 Å². The molecule has 4 nitrogen and oxygen atoms in total. The summed E-state index contributed by atoms with van der Waals surface area (Å²) in [5.41, 5.74) is 0. The van der Waals surface area contributed by atoms with Gasteiger partial charge in [0.05, 0.1) is 10.3 Å². The van der Waals surface area contributed by atoms with E-state index in [0.29, 0.717) is 19.7 Å². The number of carbonyl (C=O) groups is 1. The summed E-state index contributed by atoms with van der Waals surface area (Å²) in [7, 11) is 1.80. The van der Waals surface area contributed by atoms with E-state index in [-0.39, 0.29) is 6.03 Å². The Kier molecular flexibility index (Phi) is 7.31. The first kappa shape index (κ1) is 15.5. The SMILES string of the molecule is CCOCCCNC(=O)N(C)Cc1ccc(Br)s1. The second kappa shape index (κ2) is 8.50. The van der Waals surface area contributed by atoms with Crippen LogP contribution in [-0.2, 0) is 11.3 Å². The number of thiophene rings is 1. The van der Waals surface area contributed by atoms with E-state index in [2.05, 4.69) is 21.2 Å². The summed E-state index contributed by atoms with van der Waals surface area (Å²) in [5.74, 6) is 0. The topological polar surface area (TPSA) is 41.6 Å². The van der Waals surface area contributed by atoms with Gasteiger partial charge in [-0.25, -0.2) is 4.79 Å². The van der Waals surface area contributed by atoms with Crippen molar-refractivity contribution in [2.75, 3.05) is 26.8 Å². The Morgan fingerprint density at radius 2 is 2.33 bits per heavy atom. The summed E-state index contributed by atoms with van der Waals surface area (Å²) in [6.45, 7) is 4.66. The molecule has 0 saturated carbocycles. The molecular formula is C12H19BrN2O2S. The third-order valence-corrected chi connectivity index (χ3v) is 3.92. The molecule has 1 N–H and O–H groups in total. The number of halogens is 1. The third-order valence-electron chi connectivity index (χ3n) is 2.31. The molecule has 18 heavy (non-hydrogen) atoms. The standard InChI is InChI=1S/C12H19BrN2O2S/c1-3-17-8-4-7-14-12(16)15(2)9-10-5-6-11(13)18-10/h5-6H,3-4,7-9H2,1-2H3,(H,14,16). The molecule has 0 aliphatic rings. The maximum absolute atomic E-state index is 11.8. The number of rotatable bonds is 7. The number of nitrogens with one attached hydrogen (secondary N) is 1. The molecule has 6 heteroatoms. The molecule has 0 aromatic carbocycles. The van der Waals surface area contributed by atoms with Gasteiger partial charge in [0.2, 0.25) is 0 Å². The molecule has 0 unspecified atom stereocenters. The normalized spacial score (nSPS) is 10.4. The monoisotopic (exact) mass is 334 g/mol. The number of nitrogens with zero attached hydrogens (tertiary/aromatic N) is 1. The van der Waals surface area contributed by atoms with E-state index in [1.165, 1.54) is 0 Å². The second-order valence-corrected chi connectivity index (χ2v) is 6.39. The van der Waals surface area contributed by atoms with Crippen LogP contribution in [0.1, 0.15) is 18.2 Å².